The fourth-order valence-electron chi connectivity index (χ4n) is 3.23. The molecule has 0 aliphatic rings. The molecule has 168 valence electrons. The van der Waals surface area contributed by atoms with Crippen LogP contribution in [0, 0.1) is 6.92 Å². The molecule has 1 aromatic heterocycles. The molecule has 0 spiro atoms. The number of ether oxygens (including phenoxy) is 2. The molecule has 7 nitrogen and oxygen atoms in total. The maximum atomic E-state index is 12.6. The highest BCUT2D eigenvalue weighted by Gasteiger charge is 2.16. The number of benzene rings is 2. The summed E-state index contributed by atoms with van der Waals surface area (Å²) in [5, 5.41) is 12.2. The van der Waals surface area contributed by atoms with Gasteiger partial charge in [0.15, 0.2) is 22.5 Å². The molecule has 0 unspecified atom stereocenters. The summed E-state index contributed by atoms with van der Waals surface area (Å²) in [6, 6.07) is 13.5. The molecule has 1 N–H and O–H groups in total. The lowest BCUT2D eigenvalue weighted by molar-refractivity contribution is -0.113. The highest BCUT2D eigenvalue weighted by Crippen LogP contribution is 2.27. The molecule has 8 heteroatoms. The first-order valence-corrected chi connectivity index (χ1v) is 11.4. The molecule has 0 saturated heterocycles. The molecule has 3 rings (SSSR count). The highest BCUT2D eigenvalue weighted by atomic mass is 32.2. The molecule has 0 aliphatic heterocycles. The van der Waals surface area contributed by atoms with Crippen LogP contribution in [0.15, 0.2) is 60.3 Å². The van der Waals surface area contributed by atoms with Crippen LogP contribution in [0.2, 0.25) is 0 Å². The number of hydrogen-bond acceptors (Lipinski definition) is 6. The van der Waals surface area contributed by atoms with Gasteiger partial charge in [0.1, 0.15) is 6.61 Å². The van der Waals surface area contributed by atoms with Crippen LogP contribution in [0.4, 0.5) is 5.69 Å². The van der Waals surface area contributed by atoms with Gasteiger partial charge in [-0.25, -0.2) is 0 Å². The lowest BCUT2D eigenvalue weighted by atomic mass is 10.1. The van der Waals surface area contributed by atoms with Gasteiger partial charge in [-0.1, -0.05) is 55.1 Å². The van der Waals surface area contributed by atoms with Crippen LogP contribution in [0.25, 0.3) is 0 Å². The van der Waals surface area contributed by atoms with Crippen LogP contribution < -0.4 is 14.8 Å². The summed E-state index contributed by atoms with van der Waals surface area (Å²) in [5.74, 6) is 2.06. The van der Waals surface area contributed by atoms with Crippen molar-refractivity contribution in [3.63, 3.8) is 0 Å². The number of rotatable bonds is 11. The summed E-state index contributed by atoms with van der Waals surface area (Å²) in [6.45, 7) is 8.62. The van der Waals surface area contributed by atoms with Crippen molar-refractivity contribution in [3.05, 3.63) is 72.1 Å². The second-order valence-electron chi connectivity index (χ2n) is 7.04. The summed E-state index contributed by atoms with van der Waals surface area (Å²) in [6.07, 6.45) is 2.62. The number of nitrogens with one attached hydrogen (secondary N) is 1. The standard InChI is InChI=1S/C24H28N4O3S/c1-5-14-28-21(15-31-20-13-8-7-12-19(20)30-4)26-27-24(28)32-16-22(29)25-23-17(3)10-9-11-18(23)6-2/h5,7-13H,1,6,14-16H2,2-4H3,(H,25,29). The normalized spacial score (nSPS) is 10.6. The summed E-state index contributed by atoms with van der Waals surface area (Å²) in [4.78, 5) is 12.6. The molecule has 0 saturated carbocycles. The van der Waals surface area contributed by atoms with Gasteiger partial charge in [0.25, 0.3) is 0 Å². The fourth-order valence-corrected chi connectivity index (χ4v) is 4.00. The first kappa shape index (κ1) is 23.4. The number of thioether (sulfide) groups is 1. The van der Waals surface area contributed by atoms with E-state index in [2.05, 4.69) is 29.0 Å². The summed E-state index contributed by atoms with van der Waals surface area (Å²) in [7, 11) is 1.60. The minimum atomic E-state index is -0.0843. The van der Waals surface area contributed by atoms with Crippen molar-refractivity contribution in [2.45, 2.75) is 38.6 Å². The Morgan fingerprint density at radius 3 is 2.69 bits per heavy atom. The SMILES string of the molecule is C=CCn1c(COc2ccccc2OC)nnc1SCC(=O)Nc1c(C)cccc1CC. The van der Waals surface area contributed by atoms with E-state index in [1.54, 1.807) is 13.2 Å². The molecular weight excluding hydrogens is 424 g/mol. The van der Waals surface area contributed by atoms with Crippen LogP contribution in [-0.4, -0.2) is 33.5 Å². The minimum Gasteiger partial charge on any atom is -0.493 e. The molecule has 0 radical (unpaired) electrons. The number of methoxy groups -OCH3 is 1. The van der Waals surface area contributed by atoms with Crippen molar-refractivity contribution in [2.75, 3.05) is 18.2 Å². The number of nitrogens with zero attached hydrogens (tertiary/aromatic N) is 3. The molecule has 1 amide bonds. The smallest absolute Gasteiger partial charge is 0.234 e. The predicted molar refractivity (Wildman–Crippen MR) is 127 cm³/mol. The maximum absolute atomic E-state index is 12.6. The van der Waals surface area contributed by atoms with Crippen molar-refractivity contribution in [1.82, 2.24) is 14.8 Å². The van der Waals surface area contributed by atoms with Gasteiger partial charge in [-0.2, -0.15) is 0 Å². The van der Waals surface area contributed by atoms with E-state index in [1.165, 1.54) is 11.8 Å². The number of para-hydroxylation sites is 3. The van der Waals surface area contributed by atoms with Crippen molar-refractivity contribution in [1.29, 1.82) is 0 Å². The number of amides is 1. The second kappa shape index (κ2) is 11.4. The summed E-state index contributed by atoms with van der Waals surface area (Å²) >= 11 is 1.33. The largest absolute Gasteiger partial charge is 0.493 e. The number of allylic oxidation sites excluding steroid dienone is 1. The second-order valence-corrected chi connectivity index (χ2v) is 7.98. The zero-order chi connectivity index (χ0) is 22.9. The van der Waals surface area contributed by atoms with Crippen molar-refractivity contribution < 1.29 is 14.3 Å². The minimum absolute atomic E-state index is 0.0843. The fraction of sp³-hybridized carbons (Fsp3) is 0.292. The van der Waals surface area contributed by atoms with Gasteiger partial charge in [-0.05, 0) is 36.6 Å². The number of aryl methyl sites for hydroxylation is 2. The zero-order valence-corrected chi connectivity index (χ0v) is 19.4. The third kappa shape index (κ3) is 5.70. The predicted octanol–water partition coefficient (Wildman–Crippen LogP) is 4.65. The molecule has 3 aromatic rings. The zero-order valence-electron chi connectivity index (χ0n) is 18.6. The van der Waals surface area contributed by atoms with Gasteiger partial charge >= 0.3 is 0 Å². The average Bonchev–Trinajstić information content (AvgIpc) is 3.19. The van der Waals surface area contributed by atoms with E-state index in [9.17, 15) is 4.79 Å². The lowest BCUT2D eigenvalue weighted by Crippen LogP contribution is -2.17. The van der Waals surface area contributed by atoms with E-state index >= 15 is 0 Å². The Labute approximate surface area is 192 Å². The Morgan fingerprint density at radius 1 is 1.19 bits per heavy atom. The number of anilines is 1. The third-order valence-corrected chi connectivity index (χ3v) is 5.83. The van der Waals surface area contributed by atoms with Crippen LogP contribution in [0.5, 0.6) is 11.5 Å². The van der Waals surface area contributed by atoms with Crippen molar-refractivity contribution >= 4 is 23.4 Å². The Morgan fingerprint density at radius 2 is 1.97 bits per heavy atom. The summed E-state index contributed by atoms with van der Waals surface area (Å²) < 4.78 is 13.1. The van der Waals surface area contributed by atoms with Crippen LogP contribution >= 0.6 is 11.8 Å². The van der Waals surface area contributed by atoms with E-state index in [1.807, 2.05) is 54.0 Å². The Kier molecular flexibility index (Phi) is 8.33. The molecule has 1 heterocycles. The molecule has 32 heavy (non-hydrogen) atoms. The van der Waals surface area contributed by atoms with Gasteiger partial charge < -0.3 is 14.8 Å². The number of carbonyl (C=O) groups excluding carboxylic acids is 1. The van der Waals surface area contributed by atoms with Crippen LogP contribution in [0.3, 0.4) is 0 Å². The van der Waals surface area contributed by atoms with E-state index in [0.29, 0.717) is 29.0 Å². The maximum Gasteiger partial charge on any atom is 0.234 e. The van der Waals surface area contributed by atoms with E-state index in [0.717, 1.165) is 23.2 Å². The number of aromatic nitrogens is 3. The Hall–Kier alpha value is -3.26. The molecule has 0 bridgehead atoms. The van der Waals surface area contributed by atoms with Crippen molar-refractivity contribution in [2.24, 2.45) is 0 Å². The van der Waals surface area contributed by atoms with Gasteiger partial charge in [-0.15, -0.1) is 16.8 Å². The molecule has 0 aliphatic carbocycles. The van der Waals surface area contributed by atoms with Gasteiger partial charge in [-0.3, -0.25) is 9.36 Å². The van der Waals surface area contributed by atoms with Gasteiger partial charge in [0, 0.05) is 12.2 Å². The molecular formula is C24H28N4O3S. The van der Waals surface area contributed by atoms with Crippen LogP contribution in [0.1, 0.15) is 23.9 Å². The topological polar surface area (TPSA) is 78.3 Å². The molecule has 2 aromatic carbocycles. The van der Waals surface area contributed by atoms with E-state index in [4.69, 9.17) is 9.47 Å². The lowest BCUT2D eigenvalue weighted by Gasteiger charge is -2.13. The Balaban J connectivity index is 1.66. The third-order valence-electron chi connectivity index (χ3n) is 4.87. The first-order chi connectivity index (χ1) is 15.6. The highest BCUT2D eigenvalue weighted by molar-refractivity contribution is 7.99. The van der Waals surface area contributed by atoms with Gasteiger partial charge in [0.2, 0.25) is 5.91 Å². The quantitative estimate of drug-likeness (QED) is 0.337. The average molecular weight is 453 g/mol. The summed E-state index contributed by atoms with van der Waals surface area (Å²) in [5.41, 5.74) is 3.06. The molecule has 0 atom stereocenters. The monoisotopic (exact) mass is 452 g/mol. The number of carbonyl (C=O) groups is 1. The van der Waals surface area contributed by atoms with E-state index in [-0.39, 0.29) is 18.3 Å². The van der Waals surface area contributed by atoms with Crippen molar-refractivity contribution in [3.8, 4) is 11.5 Å². The van der Waals surface area contributed by atoms with Crippen LogP contribution in [-0.2, 0) is 24.4 Å². The Bertz CT molecular complexity index is 1080. The van der Waals surface area contributed by atoms with Gasteiger partial charge in [0.05, 0.1) is 12.9 Å². The van der Waals surface area contributed by atoms with E-state index < -0.39 is 0 Å². The number of hydrogen-bond donors (Lipinski definition) is 1. The first-order valence-electron chi connectivity index (χ1n) is 10.4. The molecule has 0 fully saturated rings.